The number of ether oxygens (including phenoxy) is 1. The number of aryl methyl sites for hydroxylation is 1. The van der Waals surface area contributed by atoms with Crippen LogP contribution >= 0.6 is 0 Å². The highest BCUT2D eigenvalue weighted by Gasteiger charge is 2.08. The van der Waals surface area contributed by atoms with Crippen molar-refractivity contribution in [1.82, 2.24) is 0 Å². The van der Waals surface area contributed by atoms with E-state index in [0.717, 1.165) is 11.3 Å². The number of benzene rings is 2. The first-order valence-electron chi connectivity index (χ1n) is 6.16. The molecule has 2 aromatic rings. The molecule has 0 bridgehead atoms. The van der Waals surface area contributed by atoms with Crippen LogP contribution in [-0.4, -0.2) is 13.1 Å². The Balaban J connectivity index is 2.08. The zero-order chi connectivity index (χ0) is 14.5. The van der Waals surface area contributed by atoms with E-state index >= 15 is 0 Å². The quantitative estimate of drug-likeness (QED) is 0.750. The maximum absolute atomic E-state index is 11.9. The molecule has 20 heavy (non-hydrogen) atoms. The van der Waals surface area contributed by atoms with Crippen LogP contribution in [0.15, 0.2) is 42.5 Å². The molecule has 0 saturated carbocycles. The van der Waals surface area contributed by atoms with Gasteiger partial charge in [0.1, 0.15) is 5.75 Å². The molecule has 5 heteroatoms. The monoisotopic (exact) mass is 271 g/mol. The van der Waals surface area contributed by atoms with Gasteiger partial charge in [0.15, 0.2) is 0 Å². The molecule has 0 unspecified atom stereocenters. The Hall–Kier alpha value is -2.69. The van der Waals surface area contributed by atoms with Crippen LogP contribution in [0.2, 0.25) is 0 Å². The zero-order valence-electron chi connectivity index (χ0n) is 11.4. The topological polar surface area (TPSA) is 76.4 Å². The average molecular weight is 271 g/mol. The predicted octanol–water partition coefficient (Wildman–Crippen LogP) is 3.23. The van der Waals surface area contributed by atoms with Crippen LogP contribution in [0, 0.1) is 6.92 Å². The van der Waals surface area contributed by atoms with Gasteiger partial charge in [0.05, 0.1) is 12.8 Å². The number of carbonyl (C=O) groups is 1. The second-order valence-corrected chi connectivity index (χ2v) is 4.40. The third-order valence-corrected chi connectivity index (χ3v) is 2.78. The summed E-state index contributed by atoms with van der Waals surface area (Å²) in [5, 5.41) is 5.45. The van der Waals surface area contributed by atoms with Crippen LogP contribution in [0.3, 0.4) is 0 Å². The van der Waals surface area contributed by atoms with Crippen LogP contribution in [0.4, 0.5) is 21.9 Å². The molecule has 0 radical (unpaired) electrons. The highest BCUT2D eigenvalue weighted by Crippen LogP contribution is 2.26. The van der Waals surface area contributed by atoms with Crippen LogP contribution in [0.5, 0.6) is 5.75 Å². The maximum atomic E-state index is 11.9. The van der Waals surface area contributed by atoms with Crippen LogP contribution in [-0.2, 0) is 0 Å². The molecular weight excluding hydrogens is 254 g/mol. The fourth-order valence-corrected chi connectivity index (χ4v) is 1.74. The molecule has 0 saturated heterocycles. The van der Waals surface area contributed by atoms with Crippen molar-refractivity contribution in [3.8, 4) is 5.75 Å². The molecule has 0 aliphatic heterocycles. The summed E-state index contributed by atoms with van der Waals surface area (Å²) in [5.74, 6) is 0.554. The lowest BCUT2D eigenvalue weighted by molar-refractivity contribution is 0.262. The summed E-state index contributed by atoms with van der Waals surface area (Å²) in [6.45, 7) is 1.99. The number of hydrogen-bond acceptors (Lipinski definition) is 3. The largest absolute Gasteiger partial charge is 0.495 e. The van der Waals surface area contributed by atoms with Crippen molar-refractivity contribution in [1.29, 1.82) is 0 Å². The number of amides is 2. The molecular formula is C15H17N3O2. The molecule has 2 aromatic carbocycles. The number of hydrogen-bond donors (Lipinski definition) is 3. The van der Waals surface area contributed by atoms with Gasteiger partial charge < -0.3 is 21.1 Å². The van der Waals surface area contributed by atoms with Gasteiger partial charge in [-0.2, -0.15) is 0 Å². The second-order valence-electron chi connectivity index (χ2n) is 4.40. The molecule has 104 valence electrons. The first-order chi connectivity index (χ1) is 9.58. The molecule has 0 spiro atoms. The van der Waals surface area contributed by atoms with Crippen molar-refractivity contribution < 1.29 is 9.53 Å². The lowest BCUT2D eigenvalue weighted by Crippen LogP contribution is -2.19. The number of nitrogens with one attached hydrogen (secondary N) is 2. The molecule has 0 heterocycles. The second kappa shape index (κ2) is 5.97. The van der Waals surface area contributed by atoms with Crippen molar-refractivity contribution >= 4 is 23.1 Å². The van der Waals surface area contributed by atoms with E-state index in [1.807, 2.05) is 31.2 Å². The minimum atomic E-state index is -0.349. The Bertz CT molecular complexity index is 609. The van der Waals surface area contributed by atoms with E-state index < -0.39 is 0 Å². The summed E-state index contributed by atoms with van der Waals surface area (Å²) >= 11 is 0. The molecule has 2 amide bonds. The van der Waals surface area contributed by atoms with E-state index in [4.69, 9.17) is 10.5 Å². The summed E-state index contributed by atoms with van der Waals surface area (Å²) in [5.41, 5.74) is 8.63. The maximum Gasteiger partial charge on any atom is 0.323 e. The van der Waals surface area contributed by atoms with Crippen molar-refractivity contribution in [3.63, 3.8) is 0 Å². The molecule has 5 nitrogen and oxygen atoms in total. The minimum absolute atomic E-state index is 0.349. The lowest BCUT2D eigenvalue weighted by Gasteiger charge is -2.12. The van der Waals surface area contributed by atoms with Crippen molar-refractivity contribution in [2.75, 3.05) is 23.5 Å². The van der Waals surface area contributed by atoms with Gasteiger partial charge in [-0.15, -0.1) is 0 Å². The smallest absolute Gasteiger partial charge is 0.323 e. The van der Waals surface area contributed by atoms with E-state index in [2.05, 4.69) is 10.6 Å². The summed E-state index contributed by atoms with van der Waals surface area (Å²) in [7, 11) is 1.54. The summed E-state index contributed by atoms with van der Waals surface area (Å²) in [6.07, 6.45) is 0. The Morgan fingerprint density at radius 2 is 1.80 bits per heavy atom. The molecule has 0 aliphatic rings. The van der Waals surface area contributed by atoms with Gasteiger partial charge >= 0.3 is 6.03 Å². The van der Waals surface area contributed by atoms with E-state index in [0.29, 0.717) is 17.1 Å². The van der Waals surface area contributed by atoms with E-state index in [1.54, 1.807) is 18.2 Å². The molecule has 0 atom stereocenters. The zero-order valence-corrected chi connectivity index (χ0v) is 11.4. The average Bonchev–Trinajstić information content (AvgIpc) is 2.41. The van der Waals surface area contributed by atoms with E-state index in [9.17, 15) is 4.79 Å². The fourth-order valence-electron chi connectivity index (χ4n) is 1.74. The Kier molecular flexibility index (Phi) is 4.10. The predicted molar refractivity (Wildman–Crippen MR) is 81.2 cm³/mol. The number of carbonyl (C=O) groups excluding carboxylic acids is 1. The Labute approximate surface area is 117 Å². The van der Waals surface area contributed by atoms with Gasteiger partial charge in [-0.25, -0.2) is 4.79 Å². The van der Waals surface area contributed by atoms with Gasteiger partial charge in [-0.1, -0.05) is 17.7 Å². The van der Waals surface area contributed by atoms with E-state index in [1.165, 1.54) is 7.11 Å². The Morgan fingerprint density at radius 3 is 2.45 bits per heavy atom. The Morgan fingerprint density at radius 1 is 1.10 bits per heavy atom. The van der Waals surface area contributed by atoms with E-state index in [-0.39, 0.29) is 6.03 Å². The van der Waals surface area contributed by atoms with Crippen LogP contribution < -0.4 is 21.1 Å². The normalized spacial score (nSPS) is 9.90. The van der Waals surface area contributed by atoms with Crippen molar-refractivity contribution in [2.45, 2.75) is 6.92 Å². The minimum Gasteiger partial charge on any atom is -0.495 e. The van der Waals surface area contributed by atoms with Gasteiger partial charge in [0.25, 0.3) is 0 Å². The number of urea groups is 1. The first kappa shape index (κ1) is 13.7. The molecule has 0 aromatic heterocycles. The highest BCUT2D eigenvalue weighted by molar-refractivity contribution is 6.01. The third-order valence-electron chi connectivity index (χ3n) is 2.78. The standard InChI is InChI=1S/C15H17N3O2/c1-10-3-6-12(7-4-10)17-15(19)18-13-9-11(16)5-8-14(13)20-2/h3-9H,16H2,1-2H3,(H2,17,18,19). The lowest BCUT2D eigenvalue weighted by atomic mass is 10.2. The molecule has 4 N–H and O–H groups in total. The van der Waals surface area contributed by atoms with Crippen molar-refractivity contribution in [2.24, 2.45) is 0 Å². The number of nitrogen functional groups attached to an aromatic ring is 1. The number of rotatable bonds is 3. The number of nitrogens with two attached hydrogens (primary N) is 1. The fraction of sp³-hybridized carbons (Fsp3) is 0.133. The molecule has 0 aliphatic carbocycles. The summed E-state index contributed by atoms with van der Waals surface area (Å²) in [6, 6.07) is 12.2. The molecule has 2 rings (SSSR count). The summed E-state index contributed by atoms with van der Waals surface area (Å²) in [4.78, 5) is 11.9. The number of anilines is 3. The first-order valence-corrected chi connectivity index (χ1v) is 6.16. The van der Waals surface area contributed by atoms with Gasteiger partial charge in [-0.05, 0) is 37.3 Å². The van der Waals surface area contributed by atoms with Gasteiger partial charge in [-0.3, -0.25) is 0 Å². The summed E-state index contributed by atoms with van der Waals surface area (Å²) < 4.78 is 5.17. The number of methoxy groups -OCH3 is 1. The highest BCUT2D eigenvalue weighted by atomic mass is 16.5. The SMILES string of the molecule is COc1ccc(N)cc1NC(=O)Nc1ccc(C)cc1. The molecule has 0 fully saturated rings. The van der Waals surface area contributed by atoms with Gasteiger partial charge in [0, 0.05) is 11.4 Å². The van der Waals surface area contributed by atoms with Crippen LogP contribution in [0.25, 0.3) is 0 Å². The van der Waals surface area contributed by atoms with Crippen LogP contribution in [0.1, 0.15) is 5.56 Å². The third kappa shape index (κ3) is 3.41. The van der Waals surface area contributed by atoms with Gasteiger partial charge in [0.2, 0.25) is 0 Å². The van der Waals surface area contributed by atoms with Crippen molar-refractivity contribution in [3.05, 3.63) is 48.0 Å².